The summed E-state index contributed by atoms with van der Waals surface area (Å²) in [4.78, 5) is 29.7. The zero-order chi connectivity index (χ0) is 35.7. The topological polar surface area (TPSA) is 124 Å². The van der Waals surface area contributed by atoms with Crippen molar-refractivity contribution in [3.05, 3.63) is 70.2 Å². The average molecular weight is 737 g/mol. The molecule has 0 saturated heterocycles. The lowest BCUT2D eigenvalue weighted by Crippen LogP contribution is -2.54. The van der Waals surface area contributed by atoms with Crippen LogP contribution >= 0.6 is 23.2 Å². The predicted molar refractivity (Wildman–Crippen MR) is 190 cm³/mol. The van der Waals surface area contributed by atoms with Crippen LogP contribution in [0.2, 0.25) is 10.0 Å². The molecule has 0 bridgehead atoms. The number of hydrogen-bond donors (Lipinski definition) is 1. The van der Waals surface area contributed by atoms with Gasteiger partial charge >= 0.3 is 0 Å². The summed E-state index contributed by atoms with van der Waals surface area (Å²) in [5.41, 5.74) is 0.589. The molecule has 0 radical (unpaired) electrons. The Hall–Kier alpha value is -3.87. The molecule has 1 aliphatic carbocycles. The van der Waals surface area contributed by atoms with E-state index in [0.717, 1.165) is 36.4 Å². The first-order valence-electron chi connectivity index (χ1n) is 16.0. The summed E-state index contributed by atoms with van der Waals surface area (Å²) in [6, 6.07) is 12.7. The predicted octanol–water partition coefficient (Wildman–Crippen LogP) is 6.48. The van der Waals surface area contributed by atoms with Crippen molar-refractivity contribution in [3.8, 4) is 23.0 Å². The largest absolute Gasteiger partial charge is 0.497 e. The maximum Gasteiger partial charge on any atom is 0.265 e. The van der Waals surface area contributed by atoms with E-state index in [1.54, 1.807) is 37.3 Å². The summed E-state index contributed by atoms with van der Waals surface area (Å²) in [5.74, 6) is 0.0401. The highest BCUT2D eigenvalue weighted by molar-refractivity contribution is 7.92. The van der Waals surface area contributed by atoms with Crippen LogP contribution in [0.4, 0.5) is 5.69 Å². The Morgan fingerprint density at radius 2 is 1.53 bits per heavy atom. The third-order valence-corrected chi connectivity index (χ3v) is 10.9. The Kier molecular flexibility index (Phi) is 13.3. The van der Waals surface area contributed by atoms with Crippen molar-refractivity contribution in [1.82, 2.24) is 10.2 Å². The van der Waals surface area contributed by atoms with Crippen LogP contribution in [0.3, 0.4) is 0 Å². The second-order valence-electron chi connectivity index (χ2n) is 11.6. The van der Waals surface area contributed by atoms with Gasteiger partial charge < -0.3 is 29.2 Å². The molecular weight excluding hydrogens is 693 g/mol. The number of nitrogens with zero attached hydrogens (tertiary/aromatic N) is 2. The molecule has 4 rings (SSSR count). The van der Waals surface area contributed by atoms with Crippen LogP contribution in [0.25, 0.3) is 0 Å². The first-order valence-corrected chi connectivity index (χ1v) is 18.2. The van der Waals surface area contributed by atoms with Gasteiger partial charge in [-0.25, -0.2) is 8.42 Å². The lowest BCUT2D eigenvalue weighted by Gasteiger charge is -2.35. The number of methoxy groups -OCH3 is 4. The van der Waals surface area contributed by atoms with Crippen LogP contribution < -0.4 is 28.6 Å². The number of halogens is 2. The lowest BCUT2D eigenvalue weighted by molar-refractivity contribution is -0.140. The van der Waals surface area contributed by atoms with E-state index >= 15 is 0 Å². The quantitative estimate of drug-likeness (QED) is 0.188. The number of carbonyl (C=O) groups is 2. The Bertz CT molecular complexity index is 1730. The van der Waals surface area contributed by atoms with Crippen LogP contribution in [0, 0.1) is 0 Å². The Labute approximate surface area is 298 Å². The summed E-state index contributed by atoms with van der Waals surface area (Å²) >= 11 is 12.7. The number of benzene rings is 3. The SMILES string of the molecule is CC[C@H](C(=O)NC1CCCCC1)N(Cc1ccc(Cl)cc1Cl)C(=O)CN(c1cc(OC)ccc1OC)S(=O)(=O)c1ccc(OC)c(OC)c1. The van der Waals surface area contributed by atoms with E-state index < -0.39 is 28.5 Å². The molecule has 1 aliphatic rings. The molecule has 3 aromatic rings. The third kappa shape index (κ3) is 9.03. The molecule has 1 N–H and O–H groups in total. The highest BCUT2D eigenvalue weighted by Crippen LogP contribution is 2.38. The first-order chi connectivity index (χ1) is 23.5. The lowest BCUT2D eigenvalue weighted by atomic mass is 9.95. The van der Waals surface area contributed by atoms with E-state index in [4.69, 9.17) is 42.1 Å². The second-order valence-corrected chi connectivity index (χ2v) is 14.3. The van der Waals surface area contributed by atoms with Gasteiger partial charge in [0.25, 0.3) is 10.0 Å². The average Bonchev–Trinajstić information content (AvgIpc) is 3.10. The minimum Gasteiger partial charge on any atom is -0.497 e. The normalized spacial score (nSPS) is 14.0. The highest BCUT2D eigenvalue weighted by atomic mass is 35.5. The van der Waals surface area contributed by atoms with E-state index in [1.165, 1.54) is 57.6 Å². The molecule has 266 valence electrons. The van der Waals surface area contributed by atoms with Gasteiger partial charge in [-0.2, -0.15) is 0 Å². The van der Waals surface area contributed by atoms with Gasteiger partial charge in [-0.1, -0.05) is 55.5 Å². The maximum atomic E-state index is 14.6. The molecule has 0 unspecified atom stereocenters. The number of amides is 2. The molecule has 0 aromatic heterocycles. The van der Waals surface area contributed by atoms with E-state index in [0.29, 0.717) is 27.1 Å². The van der Waals surface area contributed by atoms with Gasteiger partial charge in [0.2, 0.25) is 11.8 Å². The van der Waals surface area contributed by atoms with Crippen molar-refractivity contribution in [2.75, 3.05) is 39.3 Å². The molecule has 3 aromatic carbocycles. The van der Waals surface area contributed by atoms with Crippen molar-refractivity contribution in [1.29, 1.82) is 0 Å². The Morgan fingerprint density at radius 3 is 2.14 bits per heavy atom. The van der Waals surface area contributed by atoms with Gasteiger partial charge in [0.15, 0.2) is 11.5 Å². The number of ether oxygens (including phenoxy) is 4. The van der Waals surface area contributed by atoms with Gasteiger partial charge in [-0.15, -0.1) is 0 Å². The molecule has 0 aliphatic heterocycles. The summed E-state index contributed by atoms with van der Waals surface area (Å²) in [6.45, 7) is 1.03. The van der Waals surface area contributed by atoms with Crippen molar-refractivity contribution in [3.63, 3.8) is 0 Å². The standard InChI is InChI=1S/C35H43Cl2N3O8S/c1-6-29(35(42)38-25-10-8-7-9-11-25)39(21-23-12-13-24(36)18-28(23)37)34(41)22-40(30-19-26(45-2)14-16-31(30)46-3)49(43,44)27-15-17-32(47-4)33(20-27)48-5/h12-20,25,29H,6-11,21-22H2,1-5H3,(H,38,42)/t29-/m1/s1. The van der Waals surface area contributed by atoms with E-state index in [1.807, 2.05) is 0 Å². The molecule has 49 heavy (non-hydrogen) atoms. The minimum absolute atomic E-state index is 0.00524. The van der Waals surface area contributed by atoms with Gasteiger partial charge in [-0.05, 0) is 61.2 Å². The molecule has 1 atom stereocenters. The van der Waals surface area contributed by atoms with Gasteiger partial charge in [0.1, 0.15) is 24.1 Å². The number of carbonyl (C=O) groups excluding carboxylic acids is 2. The molecule has 14 heteroatoms. The van der Waals surface area contributed by atoms with Crippen molar-refractivity contribution in [2.24, 2.45) is 0 Å². The van der Waals surface area contributed by atoms with E-state index in [9.17, 15) is 18.0 Å². The molecular formula is C35H43Cl2N3O8S. The Balaban J connectivity index is 1.83. The summed E-state index contributed by atoms with van der Waals surface area (Å²) in [5, 5.41) is 3.84. The van der Waals surface area contributed by atoms with Crippen LogP contribution in [0.5, 0.6) is 23.0 Å². The Morgan fingerprint density at radius 1 is 0.857 bits per heavy atom. The van der Waals surface area contributed by atoms with Gasteiger partial charge in [0, 0.05) is 34.8 Å². The van der Waals surface area contributed by atoms with E-state index in [2.05, 4.69) is 5.32 Å². The molecule has 11 nitrogen and oxygen atoms in total. The summed E-state index contributed by atoms with van der Waals surface area (Å²) < 4.78 is 51.7. The first kappa shape index (κ1) is 37.9. The fraction of sp³-hybridized carbons (Fsp3) is 0.429. The van der Waals surface area contributed by atoms with E-state index in [-0.39, 0.29) is 47.0 Å². The molecule has 1 saturated carbocycles. The number of sulfonamides is 1. The molecule has 1 fully saturated rings. The van der Waals surface area contributed by atoms with Crippen LogP contribution in [-0.4, -0.2) is 72.2 Å². The molecule has 0 spiro atoms. The monoisotopic (exact) mass is 735 g/mol. The number of hydrogen-bond acceptors (Lipinski definition) is 8. The fourth-order valence-corrected chi connectivity index (χ4v) is 7.81. The van der Waals surface area contributed by atoms with Gasteiger partial charge in [-0.3, -0.25) is 13.9 Å². The molecule has 0 heterocycles. The zero-order valence-electron chi connectivity index (χ0n) is 28.3. The maximum absolute atomic E-state index is 14.6. The smallest absolute Gasteiger partial charge is 0.265 e. The van der Waals surface area contributed by atoms with Crippen LogP contribution in [0.1, 0.15) is 51.0 Å². The van der Waals surface area contributed by atoms with Crippen molar-refractivity contribution >= 4 is 50.7 Å². The minimum atomic E-state index is -4.49. The van der Waals surface area contributed by atoms with Crippen LogP contribution in [-0.2, 0) is 26.2 Å². The van der Waals surface area contributed by atoms with Gasteiger partial charge in [0.05, 0.1) is 39.0 Å². The number of anilines is 1. The van der Waals surface area contributed by atoms with Crippen LogP contribution in [0.15, 0.2) is 59.5 Å². The second kappa shape index (κ2) is 17.2. The zero-order valence-corrected chi connectivity index (χ0v) is 30.7. The molecule has 2 amide bonds. The summed E-state index contributed by atoms with van der Waals surface area (Å²) in [6.07, 6.45) is 5.10. The number of rotatable bonds is 15. The van der Waals surface area contributed by atoms with Crippen molar-refractivity contribution < 1.29 is 37.0 Å². The summed E-state index contributed by atoms with van der Waals surface area (Å²) in [7, 11) is 1.18. The van der Waals surface area contributed by atoms with Crippen molar-refractivity contribution in [2.45, 2.75) is 69.0 Å². The third-order valence-electron chi connectivity index (χ3n) is 8.57. The fourth-order valence-electron chi connectivity index (χ4n) is 5.91. The number of nitrogens with one attached hydrogen (secondary N) is 1. The highest BCUT2D eigenvalue weighted by Gasteiger charge is 2.36.